The van der Waals surface area contributed by atoms with Crippen LogP contribution in [0.3, 0.4) is 0 Å². The standard InChI is InChI=1S/C12H15F4N/c1-11(2,13)10(7-17)8-4-3-5-9(6-8)12(14,15)16/h3-6,10H,7,17H2,1-2H3. The van der Waals surface area contributed by atoms with Crippen molar-refractivity contribution < 1.29 is 17.6 Å². The van der Waals surface area contributed by atoms with Gasteiger partial charge in [0.25, 0.3) is 0 Å². The summed E-state index contributed by atoms with van der Waals surface area (Å²) in [5.41, 5.74) is 3.27. The molecule has 0 saturated heterocycles. The van der Waals surface area contributed by atoms with Crippen LogP contribution in [0.25, 0.3) is 0 Å². The summed E-state index contributed by atoms with van der Waals surface area (Å²) in [4.78, 5) is 0. The van der Waals surface area contributed by atoms with E-state index < -0.39 is 23.3 Å². The van der Waals surface area contributed by atoms with Crippen LogP contribution >= 0.6 is 0 Å². The summed E-state index contributed by atoms with van der Waals surface area (Å²) in [6, 6.07) is 4.65. The lowest BCUT2D eigenvalue weighted by Gasteiger charge is -2.26. The molecule has 1 aromatic carbocycles. The molecule has 1 nitrogen and oxygen atoms in total. The number of hydrogen-bond acceptors (Lipinski definition) is 1. The number of rotatable bonds is 3. The quantitative estimate of drug-likeness (QED) is 0.815. The SMILES string of the molecule is CC(C)(F)C(CN)c1cccc(C(F)(F)F)c1. The van der Waals surface area contributed by atoms with Gasteiger partial charge in [-0.3, -0.25) is 0 Å². The number of halogens is 4. The molecule has 0 saturated carbocycles. The monoisotopic (exact) mass is 249 g/mol. The number of nitrogens with two attached hydrogens (primary N) is 1. The average Bonchev–Trinajstić information content (AvgIpc) is 2.15. The van der Waals surface area contributed by atoms with E-state index in [1.807, 2.05) is 0 Å². The molecule has 96 valence electrons. The highest BCUT2D eigenvalue weighted by molar-refractivity contribution is 5.30. The zero-order chi connectivity index (χ0) is 13.3. The van der Waals surface area contributed by atoms with E-state index in [4.69, 9.17) is 5.73 Å². The Kier molecular flexibility index (Phi) is 3.81. The summed E-state index contributed by atoms with van der Waals surface area (Å²) >= 11 is 0. The minimum atomic E-state index is -4.42. The smallest absolute Gasteiger partial charge is 0.330 e. The van der Waals surface area contributed by atoms with E-state index in [-0.39, 0.29) is 12.1 Å². The van der Waals surface area contributed by atoms with E-state index in [1.165, 1.54) is 26.0 Å². The highest BCUT2D eigenvalue weighted by atomic mass is 19.4. The van der Waals surface area contributed by atoms with Gasteiger partial charge in [-0.15, -0.1) is 0 Å². The predicted octanol–water partition coefficient (Wildman–Crippen LogP) is 3.50. The van der Waals surface area contributed by atoms with Crippen molar-refractivity contribution in [1.82, 2.24) is 0 Å². The Balaban J connectivity index is 3.15. The zero-order valence-electron chi connectivity index (χ0n) is 9.68. The van der Waals surface area contributed by atoms with Crippen LogP contribution in [0, 0.1) is 0 Å². The molecule has 0 aliphatic heterocycles. The van der Waals surface area contributed by atoms with Gasteiger partial charge in [-0.1, -0.05) is 18.2 Å². The van der Waals surface area contributed by atoms with Crippen LogP contribution in [0.4, 0.5) is 17.6 Å². The summed E-state index contributed by atoms with van der Waals surface area (Å²) < 4.78 is 51.3. The first-order chi connectivity index (χ1) is 7.66. The van der Waals surface area contributed by atoms with Gasteiger partial charge in [0.1, 0.15) is 5.67 Å². The van der Waals surface area contributed by atoms with Crippen molar-refractivity contribution in [1.29, 1.82) is 0 Å². The molecule has 0 fully saturated rings. The Hall–Kier alpha value is -1.10. The molecule has 0 spiro atoms. The third kappa shape index (κ3) is 3.43. The molecule has 1 atom stereocenters. The molecule has 0 radical (unpaired) electrons. The van der Waals surface area contributed by atoms with Crippen molar-refractivity contribution in [3.8, 4) is 0 Å². The van der Waals surface area contributed by atoms with Gasteiger partial charge in [-0.05, 0) is 25.5 Å². The first kappa shape index (κ1) is 14.0. The lowest BCUT2D eigenvalue weighted by atomic mass is 9.85. The minimum absolute atomic E-state index is 0.0369. The Bertz CT molecular complexity index is 379. The first-order valence-electron chi connectivity index (χ1n) is 5.22. The Morgan fingerprint density at radius 2 is 1.76 bits per heavy atom. The third-order valence-corrected chi connectivity index (χ3v) is 2.68. The summed E-state index contributed by atoms with van der Waals surface area (Å²) in [6.07, 6.45) is -4.42. The summed E-state index contributed by atoms with van der Waals surface area (Å²) in [6.45, 7) is 2.58. The fourth-order valence-corrected chi connectivity index (χ4v) is 1.74. The third-order valence-electron chi connectivity index (χ3n) is 2.68. The molecule has 17 heavy (non-hydrogen) atoms. The van der Waals surface area contributed by atoms with Gasteiger partial charge < -0.3 is 5.73 Å². The normalized spacial score (nSPS) is 14.8. The maximum Gasteiger partial charge on any atom is 0.416 e. The van der Waals surface area contributed by atoms with Crippen LogP contribution in [-0.2, 0) is 6.18 Å². The summed E-state index contributed by atoms with van der Waals surface area (Å²) in [7, 11) is 0. The molecule has 2 N–H and O–H groups in total. The van der Waals surface area contributed by atoms with Gasteiger partial charge in [0.2, 0.25) is 0 Å². The van der Waals surface area contributed by atoms with Crippen LogP contribution in [0.2, 0.25) is 0 Å². The van der Waals surface area contributed by atoms with E-state index in [0.29, 0.717) is 0 Å². The second-order valence-corrected chi connectivity index (χ2v) is 4.48. The lowest BCUT2D eigenvalue weighted by Crippen LogP contribution is -2.30. The maximum atomic E-state index is 13.8. The number of benzene rings is 1. The van der Waals surface area contributed by atoms with Crippen LogP contribution in [-0.4, -0.2) is 12.2 Å². The molecule has 0 bridgehead atoms. The Morgan fingerprint density at radius 1 is 1.18 bits per heavy atom. The van der Waals surface area contributed by atoms with Crippen molar-refractivity contribution in [2.45, 2.75) is 31.6 Å². The zero-order valence-corrected chi connectivity index (χ0v) is 9.68. The number of alkyl halides is 4. The van der Waals surface area contributed by atoms with Gasteiger partial charge in [0.15, 0.2) is 0 Å². The van der Waals surface area contributed by atoms with Crippen molar-refractivity contribution in [3.63, 3.8) is 0 Å². The molecule has 0 heterocycles. The second-order valence-electron chi connectivity index (χ2n) is 4.48. The van der Waals surface area contributed by atoms with Crippen molar-refractivity contribution in [3.05, 3.63) is 35.4 Å². The fraction of sp³-hybridized carbons (Fsp3) is 0.500. The topological polar surface area (TPSA) is 26.0 Å². The van der Waals surface area contributed by atoms with E-state index >= 15 is 0 Å². The van der Waals surface area contributed by atoms with Crippen molar-refractivity contribution in [2.75, 3.05) is 6.54 Å². The average molecular weight is 249 g/mol. The highest BCUT2D eigenvalue weighted by Gasteiger charge is 2.33. The van der Waals surface area contributed by atoms with Crippen LogP contribution in [0.1, 0.15) is 30.9 Å². The molecule has 1 aromatic rings. The second kappa shape index (κ2) is 4.64. The maximum absolute atomic E-state index is 13.8. The molecular formula is C12H15F4N. The Morgan fingerprint density at radius 3 is 2.18 bits per heavy atom. The molecule has 1 unspecified atom stereocenters. The highest BCUT2D eigenvalue weighted by Crippen LogP contribution is 2.35. The first-order valence-corrected chi connectivity index (χ1v) is 5.22. The van der Waals surface area contributed by atoms with E-state index in [0.717, 1.165) is 12.1 Å². The number of hydrogen-bond donors (Lipinski definition) is 1. The van der Waals surface area contributed by atoms with Gasteiger partial charge in [0, 0.05) is 12.5 Å². The molecule has 0 aromatic heterocycles. The van der Waals surface area contributed by atoms with Crippen LogP contribution in [0.15, 0.2) is 24.3 Å². The summed E-state index contributed by atoms with van der Waals surface area (Å²) in [5, 5.41) is 0. The Labute approximate surface area is 97.6 Å². The van der Waals surface area contributed by atoms with Crippen LogP contribution in [0.5, 0.6) is 0 Å². The molecule has 0 aliphatic rings. The molecule has 0 amide bonds. The van der Waals surface area contributed by atoms with Gasteiger partial charge in [-0.25, -0.2) is 4.39 Å². The van der Waals surface area contributed by atoms with Gasteiger partial charge >= 0.3 is 6.18 Å². The largest absolute Gasteiger partial charge is 0.416 e. The summed E-state index contributed by atoms with van der Waals surface area (Å²) in [5.74, 6) is -0.746. The molecule has 1 rings (SSSR count). The van der Waals surface area contributed by atoms with Gasteiger partial charge in [-0.2, -0.15) is 13.2 Å². The van der Waals surface area contributed by atoms with Crippen molar-refractivity contribution in [2.24, 2.45) is 5.73 Å². The predicted molar refractivity (Wildman–Crippen MR) is 58.4 cm³/mol. The molecule has 0 aliphatic carbocycles. The van der Waals surface area contributed by atoms with Crippen LogP contribution < -0.4 is 5.73 Å². The minimum Gasteiger partial charge on any atom is -0.330 e. The van der Waals surface area contributed by atoms with Gasteiger partial charge in [0.05, 0.1) is 5.56 Å². The van der Waals surface area contributed by atoms with Crippen molar-refractivity contribution >= 4 is 0 Å². The lowest BCUT2D eigenvalue weighted by molar-refractivity contribution is -0.137. The van der Waals surface area contributed by atoms with E-state index in [2.05, 4.69) is 0 Å². The fourth-order valence-electron chi connectivity index (χ4n) is 1.74. The molecule has 5 heteroatoms. The molecular weight excluding hydrogens is 234 g/mol. The van der Waals surface area contributed by atoms with E-state index in [9.17, 15) is 17.6 Å². The van der Waals surface area contributed by atoms with E-state index in [1.54, 1.807) is 0 Å².